The van der Waals surface area contributed by atoms with Gasteiger partial charge in [0.2, 0.25) is 0 Å². The van der Waals surface area contributed by atoms with E-state index in [9.17, 15) is 0 Å². The van der Waals surface area contributed by atoms with Gasteiger partial charge in [0, 0.05) is 30.3 Å². The lowest BCUT2D eigenvalue weighted by atomic mass is 10.1. The number of anilines is 1. The van der Waals surface area contributed by atoms with E-state index in [0.29, 0.717) is 0 Å². The van der Waals surface area contributed by atoms with Gasteiger partial charge in [-0.2, -0.15) is 0 Å². The molecule has 1 aliphatic heterocycles. The number of hydrogen-bond donors (Lipinski definition) is 1. The predicted molar refractivity (Wildman–Crippen MR) is 110 cm³/mol. The number of aryl methyl sites for hydroxylation is 2. The minimum Gasteiger partial charge on any atom is -0.336 e. The highest BCUT2D eigenvalue weighted by Crippen LogP contribution is 2.20. The summed E-state index contributed by atoms with van der Waals surface area (Å²) in [6.07, 6.45) is 1.10. The molecule has 0 amide bonds. The molecular formula is C20H24ClN3S. The van der Waals surface area contributed by atoms with Crippen LogP contribution in [0.15, 0.2) is 42.5 Å². The van der Waals surface area contributed by atoms with Crippen LogP contribution < -0.4 is 5.32 Å². The summed E-state index contributed by atoms with van der Waals surface area (Å²) in [6, 6.07) is 14.4. The Bertz CT molecular complexity index is 762. The number of nitrogens with zero attached hydrogens (tertiary/aromatic N) is 2. The largest absolute Gasteiger partial charge is 0.336 e. The van der Waals surface area contributed by atoms with E-state index in [1.54, 1.807) is 0 Å². The van der Waals surface area contributed by atoms with Gasteiger partial charge in [-0.15, -0.1) is 0 Å². The second kappa shape index (κ2) is 8.17. The lowest BCUT2D eigenvalue weighted by Gasteiger charge is -2.37. The summed E-state index contributed by atoms with van der Waals surface area (Å²) in [5.41, 5.74) is 4.69. The van der Waals surface area contributed by atoms with Crippen molar-refractivity contribution in [3.8, 4) is 0 Å². The Morgan fingerprint density at radius 3 is 2.76 bits per heavy atom. The van der Waals surface area contributed by atoms with Crippen LogP contribution >= 0.6 is 23.8 Å². The fourth-order valence-electron chi connectivity index (χ4n) is 3.10. The molecule has 0 radical (unpaired) electrons. The normalized spacial score (nSPS) is 15.2. The topological polar surface area (TPSA) is 18.5 Å². The molecule has 1 saturated heterocycles. The van der Waals surface area contributed by atoms with Gasteiger partial charge in [0.15, 0.2) is 5.11 Å². The number of hydrogen-bond acceptors (Lipinski definition) is 2. The lowest BCUT2D eigenvalue weighted by molar-refractivity contribution is 0.134. The average molecular weight is 374 g/mol. The molecule has 0 spiro atoms. The van der Waals surface area contributed by atoms with Crippen LogP contribution in [-0.2, 0) is 6.54 Å². The summed E-state index contributed by atoms with van der Waals surface area (Å²) in [5.74, 6) is 0. The van der Waals surface area contributed by atoms with Crippen LogP contribution in [-0.4, -0.2) is 34.7 Å². The van der Waals surface area contributed by atoms with Crippen molar-refractivity contribution in [1.29, 1.82) is 0 Å². The smallest absolute Gasteiger partial charge is 0.174 e. The van der Waals surface area contributed by atoms with Gasteiger partial charge >= 0.3 is 0 Å². The minimum atomic E-state index is 0.789. The first-order valence-corrected chi connectivity index (χ1v) is 9.40. The van der Waals surface area contributed by atoms with Crippen molar-refractivity contribution in [2.75, 3.05) is 25.1 Å². The van der Waals surface area contributed by atoms with Gasteiger partial charge in [0.1, 0.15) is 0 Å². The molecule has 2 aromatic carbocycles. The van der Waals surface area contributed by atoms with Crippen LogP contribution in [0, 0.1) is 13.8 Å². The molecule has 25 heavy (non-hydrogen) atoms. The Balaban J connectivity index is 1.63. The minimum absolute atomic E-state index is 0.789. The zero-order valence-corrected chi connectivity index (χ0v) is 16.3. The molecule has 0 unspecified atom stereocenters. The van der Waals surface area contributed by atoms with Crippen molar-refractivity contribution in [2.24, 2.45) is 0 Å². The third kappa shape index (κ3) is 4.72. The van der Waals surface area contributed by atoms with Gasteiger partial charge in [0.25, 0.3) is 0 Å². The maximum atomic E-state index is 6.30. The average Bonchev–Trinajstić information content (AvgIpc) is 2.60. The highest BCUT2D eigenvalue weighted by molar-refractivity contribution is 7.80. The molecule has 1 heterocycles. The first kappa shape index (κ1) is 18.2. The molecule has 0 atom stereocenters. The Kier molecular flexibility index (Phi) is 5.94. The van der Waals surface area contributed by atoms with Crippen LogP contribution in [0.1, 0.15) is 23.1 Å². The fraction of sp³-hybridized carbons (Fsp3) is 0.350. The van der Waals surface area contributed by atoms with Gasteiger partial charge < -0.3 is 10.2 Å². The maximum absolute atomic E-state index is 6.30. The van der Waals surface area contributed by atoms with E-state index in [1.165, 1.54) is 16.7 Å². The van der Waals surface area contributed by atoms with Crippen molar-refractivity contribution in [3.63, 3.8) is 0 Å². The van der Waals surface area contributed by atoms with Gasteiger partial charge in [-0.3, -0.25) is 4.90 Å². The Morgan fingerprint density at radius 1 is 1.16 bits per heavy atom. The summed E-state index contributed by atoms with van der Waals surface area (Å²) in [7, 11) is 0. The van der Waals surface area contributed by atoms with Crippen LogP contribution in [0.25, 0.3) is 0 Å². The predicted octanol–water partition coefficient (Wildman–Crippen LogP) is 4.82. The molecule has 132 valence electrons. The van der Waals surface area contributed by atoms with Crippen molar-refractivity contribution in [1.82, 2.24) is 9.80 Å². The zero-order chi connectivity index (χ0) is 17.8. The van der Waals surface area contributed by atoms with Gasteiger partial charge in [-0.25, -0.2) is 0 Å². The van der Waals surface area contributed by atoms with E-state index >= 15 is 0 Å². The number of rotatable bonds is 3. The van der Waals surface area contributed by atoms with E-state index < -0.39 is 0 Å². The number of halogens is 1. The molecule has 5 heteroatoms. The zero-order valence-electron chi connectivity index (χ0n) is 14.8. The monoisotopic (exact) mass is 373 g/mol. The van der Waals surface area contributed by atoms with Crippen molar-refractivity contribution in [3.05, 3.63) is 64.2 Å². The Hall–Kier alpha value is -1.62. The summed E-state index contributed by atoms with van der Waals surface area (Å²) in [4.78, 5) is 4.62. The molecule has 0 saturated carbocycles. The standard InChI is InChI=1S/C20H24ClN3S/c1-15-8-9-16(2)19(12-15)22-20(25)24-11-5-10-23(14-24)13-17-6-3-4-7-18(17)21/h3-4,6-9,12H,5,10-11,13-14H2,1-2H3,(H,22,25). The van der Waals surface area contributed by atoms with E-state index in [0.717, 1.165) is 48.5 Å². The summed E-state index contributed by atoms with van der Waals surface area (Å²) < 4.78 is 0. The molecule has 1 N–H and O–H groups in total. The fourth-order valence-corrected chi connectivity index (χ4v) is 3.55. The van der Waals surface area contributed by atoms with Crippen LogP contribution in [0.5, 0.6) is 0 Å². The third-order valence-corrected chi connectivity index (χ3v) is 5.28. The molecule has 0 bridgehead atoms. The third-order valence-electron chi connectivity index (χ3n) is 4.55. The Morgan fingerprint density at radius 2 is 1.96 bits per heavy atom. The van der Waals surface area contributed by atoms with E-state index in [4.69, 9.17) is 23.8 Å². The molecule has 2 aromatic rings. The first-order chi connectivity index (χ1) is 12.0. The van der Waals surface area contributed by atoms with Gasteiger partial charge in [-0.05, 0) is 61.3 Å². The molecule has 3 rings (SSSR count). The number of thiocarbonyl (C=S) groups is 1. The SMILES string of the molecule is Cc1ccc(C)c(NC(=S)N2CCCN(Cc3ccccc3Cl)C2)c1. The number of nitrogens with one attached hydrogen (secondary N) is 1. The summed E-state index contributed by atoms with van der Waals surface area (Å²) in [6.45, 7) is 7.91. The van der Waals surface area contributed by atoms with Gasteiger partial charge in [0.05, 0.1) is 6.67 Å². The van der Waals surface area contributed by atoms with Crippen molar-refractivity contribution >= 4 is 34.6 Å². The second-order valence-corrected chi connectivity index (χ2v) is 7.44. The van der Waals surface area contributed by atoms with E-state index in [2.05, 4.69) is 53.2 Å². The van der Waals surface area contributed by atoms with Crippen LogP contribution in [0.2, 0.25) is 5.02 Å². The second-order valence-electron chi connectivity index (χ2n) is 6.65. The first-order valence-electron chi connectivity index (χ1n) is 8.62. The lowest BCUT2D eigenvalue weighted by Crippen LogP contribution is -2.48. The molecule has 1 aliphatic rings. The highest BCUT2D eigenvalue weighted by atomic mass is 35.5. The van der Waals surface area contributed by atoms with E-state index in [1.807, 2.05) is 18.2 Å². The Labute approximate surface area is 160 Å². The van der Waals surface area contributed by atoms with Crippen molar-refractivity contribution in [2.45, 2.75) is 26.8 Å². The molecule has 1 fully saturated rings. The van der Waals surface area contributed by atoms with E-state index in [-0.39, 0.29) is 0 Å². The summed E-state index contributed by atoms with van der Waals surface area (Å²) >= 11 is 12.0. The molecule has 0 aromatic heterocycles. The number of benzene rings is 2. The molecule has 3 nitrogen and oxygen atoms in total. The maximum Gasteiger partial charge on any atom is 0.174 e. The van der Waals surface area contributed by atoms with Crippen LogP contribution in [0.3, 0.4) is 0 Å². The van der Waals surface area contributed by atoms with Gasteiger partial charge in [-0.1, -0.05) is 41.9 Å². The summed E-state index contributed by atoms with van der Waals surface area (Å²) in [5, 5.41) is 5.04. The quantitative estimate of drug-likeness (QED) is 0.777. The molecule has 0 aliphatic carbocycles. The highest BCUT2D eigenvalue weighted by Gasteiger charge is 2.20. The molecular weight excluding hydrogens is 350 g/mol. The van der Waals surface area contributed by atoms with Crippen molar-refractivity contribution < 1.29 is 0 Å². The van der Waals surface area contributed by atoms with Crippen LogP contribution in [0.4, 0.5) is 5.69 Å².